The third-order valence-electron chi connectivity index (χ3n) is 3.77. The van der Waals surface area contributed by atoms with E-state index in [1.54, 1.807) is 31.5 Å². The fourth-order valence-corrected chi connectivity index (χ4v) is 2.50. The number of benzene rings is 1. The number of hydrogen-bond donors (Lipinski definition) is 2. The highest BCUT2D eigenvalue weighted by molar-refractivity contribution is 6.30. The molecule has 0 aliphatic heterocycles. The Morgan fingerprint density at radius 1 is 1.33 bits per heavy atom. The zero-order valence-electron chi connectivity index (χ0n) is 15.1. The molecule has 0 unspecified atom stereocenters. The molecule has 2 heterocycles. The largest absolute Gasteiger partial charge is 0.492 e. The second-order valence-corrected chi connectivity index (χ2v) is 6.14. The van der Waals surface area contributed by atoms with E-state index in [0.717, 1.165) is 11.7 Å². The van der Waals surface area contributed by atoms with Crippen LogP contribution in [0.3, 0.4) is 0 Å². The van der Waals surface area contributed by atoms with Crippen LogP contribution in [0.15, 0.2) is 52.1 Å². The van der Waals surface area contributed by atoms with Crippen molar-refractivity contribution in [3.8, 4) is 17.3 Å². The van der Waals surface area contributed by atoms with Crippen molar-refractivity contribution in [1.29, 1.82) is 0 Å². The Morgan fingerprint density at radius 2 is 2.15 bits per heavy atom. The number of H-pyrrole nitrogens is 1. The molecule has 8 nitrogen and oxygen atoms in total. The van der Waals surface area contributed by atoms with E-state index < -0.39 is 0 Å². The zero-order valence-corrected chi connectivity index (χ0v) is 15.9. The first kappa shape index (κ1) is 18.8. The molecule has 2 N–H and O–H groups in total. The third kappa shape index (κ3) is 5.24. The lowest BCUT2D eigenvalue weighted by Gasteiger charge is -2.21. The number of ether oxygens (including phenoxy) is 1. The van der Waals surface area contributed by atoms with Crippen LogP contribution in [-0.4, -0.2) is 53.3 Å². The summed E-state index contributed by atoms with van der Waals surface area (Å²) in [5.74, 6) is 3.34. The number of aliphatic imine (C=N–C) groups is 1. The molecule has 0 amide bonds. The van der Waals surface area contributed by atoms with Gasteiger partial charge in [0.15, 0.2) is 11.7 Å². The average molecular weight is 389 g/mol. The van der Waals surface area contributed by atoms with Crippen LogP contribution >= 0.6 is 11.6 Å². The Kier molecular flexibility index (Phi) is 6.32. The van der Waals surface area contributed by atoms with E-state index in [1.807, 2.05) is 30.1 Å². The summed E-state index contributed by atoms with van der Waals surface area (Å²) in [7, 11) is 3.67. The Balaban J connectivity index is 1.46. The molecule has 2 aromatic heterocycles. The summed E-state index contributed by atoms with van der Waals surface area (Å²) >= 11 is 5.87. The summed E-state index contributed by atoms with van der Waals surface area (Å²) in [5, 5.41) is 11.0. The maximum atomic E-state index is 5.87. The van der Waals surface area contributed by atoms with Gasteiger partial charge < -0.3 is 19.4 Å². The first-order chi connectivity index (χ1) is 13.2. The summed E-state index contributed by atoms with van der Waals surface area (Å²) in [6, 6.07) is 10.9. The lowest BCUT2D eigenvalue weighted by Crippen LogP contribution is -2.40. The molecule has 3 aromatic rings. The van der Waals surface area contributed by atoms with Gasteiger partial charge in [-0.2, -0.15) is 0 Å². The molecule has 0 saturated heterocycles. The van der Waals surface area contributed by atoms with Crippen LogP contribution in [0.25, 0.3) is 11.6 Å². The molecule has 0 aliphatic rings. The number of aromatic nitrogens is 3. The van der Waals surface area contributed by atoms with Gasteiger partial charge in [0.25, 0.3) is 0 Å². The summed E-state index contributed by atoms with van der Waals surface area (Å²) in [6.07, 6.45) is 1.59. The Bertz CT molecular complexity index is 860. The number of hydrogen-bond acceptors (Lipinski definition) is 5. The van der Waals surface area contributed by atoms with Crippen molar-refractivity contribution in [2.24, 2.45) is 4.99 Å². The first-order valence-corrected chi connectivity index (χ1v) is 8.79. The van der Waals surface area contributed by atoms with Gasteiger partial charge in [-0.3, -0.25) is 10.1 Å². The van der Waals surface area contributed by atoms with E-state index in [9.17, 15) is 0 Å². The lowest BCUT2D eigenvalue weighted by atomic mass is 10.3. The van der Waals surface area contributed by atoms with Crippen molar-refractivity contribution in [3.05, 3.63) is 53.5 Å². The summed E-state index contributed by atoms with van der Waals surface area (Å²) in [4.78, 5) is 10.6. The topological polar surface area (TPSA) is 91.6 Å². The molecule has 0 spiro atoms. The second kappa shape index (κ2) is 9.09. The highest BCUT2D eigenvalue weighted by Crippen LogP contribution is 2.15. The maximum absolute atomic E-state index is 5.87. The highest BCUT2D eigenvalue weighted by atomic mass is 35.5. The quantitative estimate of drug-likeness (QED) is 0.477. The third-order valence-corrected chi connectivity index (χ3v) is 4.02. The number of nitrogens with one attached hydrogen (secondary N) is 2. The van der Waals surface area contributed by atoms with Crippen molar-refractivity contribution >= 4 is 17.6 Å². The van der Waals surface area contributed by atoms with Gasteiger partial charge in [-0.05, 0) is 36.4 Å². The molecular formula is C18H21ClN6O2. The fourth-order valence-electron chi connectivity index (χ4n) is 2.38. The number of likely N-dealkylation sites (N-methyl/N-ethyl adjacent to an activating group) is 1. The van der Waals surface area contributed by atoms with E-state index in [2.05, 4.69) is 25.5 Å². The number of guanidine groups is 1. The van der Waals surface area contributed by atoms with Crippen LogP contribution in [0, 0.1) is 0 Å². The Labute approximate surface area is 162 Å². The van der Waals surface area contributed by atoms with Crippen molar-refractivity contribution < 1.29 is 9.15 Å². The summed E-state index contributed by atoms with van der Waals surface area (Å²) in [5.41, 5.74) is 0. The standard InChI is InChI=1S/C18H21ClN6O2/c1-20-18(25(2)9-11-26-14-7-5-13(19)6-8-14)21-12-16-22-17(24-23-16)15-4-3-10-27-15/h3-8,10H,9,11-12H2,1-2H3,(H,20,21)(H,22,23,24). The summed E-state index contributed by atoms with van der Waals surface area (Å²) < 4.78 is 11.0. The number of rotatable bonds is 7. The first-order valence-electron chi connectivity index (χ1n) is 8.41. The van der Waals surface area contributed by atoms with E-state index in [1.165, 1.54) is 0 Å². The van der Waals surface area contributed by atoms with E-state index >= 15 is 0 Å². The van der Waals surface area contributed by atoms with Crippen molar-refractivity contribution in [1.82, 2.24) is 25.4 Å². The van der Waals surface area contributed by atoms with Gasteiger partial charge in [0.1, 0.15) is 18.2 Å². The van der Waals surface area contributed by atoms with Gasteiger partial charge in [-0.15, -0.1) is 5.10 Å². The Morgan fingerprint density at radius 3 is 2.85 bits per heavy atom. The minimum absolute atomic E-state index is 0.461. The van der Waals surface area contributed by atoms with E-state index in [0.29, 0.717) is 42.1 Å². The van der Waals surface area contributed by atoms with Gasteiger partial charge in [0.05, 0.1) is 19.4 Å². The Hall–Kier alpha value is -3.00. The van der Waals surface area contributed by atoms with Crippen LogP contribution in [0.5, 0.6) is 5.75 Å². The SMILES string of the molecule is CN=C(NCc1nc(-c2ccco2)n[nH]1)N(C)CCOc1ccc(Cl)cc1. The van der Waals surface area contributed by atoms with E-state index in [-0.39, 0.29) is 0 Å². The molecule has 0 fully saturated rings. The van der Waals surface area contributed by atoms with Gasteiger partial charge in [-0.25, -0.2) is 4.98 Å². The molecule has 0 bridgehead atoms. The average Bonchev–Trinajstić information content (AvgIpc) is 3.35. The molecule has 9 heteroatoms. The molecule has 27 heavy (non-hydrogen) atoms. The monoisotopic (exact) mass is 388 g/mol. The van der Waals surface area contributed by atoms with Crippen LogP contribution in [0.4, 0.5) is 0 Å². The number of aromatic amines is 1. The van der Waals surface area contributed by atoms with Crippen LogP contribution < -0.4 is 10.1 Å². The molecule has 142 valence electrons. The van der Waals surface area contributed by atoms with Crippen LogP contribution in [0.2, 0.25) is 5.02 Å². The molecule has 0 saturated carbocycles. The minimum Gasteiger partial charge on any atom is -0.492 e. The molecule has 0 atom stereocenters. The molecule has 0 aliphatic carbocycles. The normalized spacial score (nSPS) is 11.4. The molecule has 0 radical (unpaired) electrons. The lowest BCUT2D eigenvalue weighted by molar-refractivity contribution is 0.281. The van der Waals surface area contributed by atoms with Gasteiger partial charge in [0.2, 0.25) is 5.82 Å². The van der Waals surface area contributed by atoms with Crippen molar-refractivity contribution in [2.75, 3.05) is 27.2 Å². The summed E-state index contributed by atoms with van der Waals surface area (Å²) in [6.45, 7) is 1.64. The van der Waals surface area contributed by atoms with E-state index in [4.69, 9.17) is 20.8 Å². The second-order valence-electron chi connectivity index (χ2n) is 5.71. The van der Waals surface area contributed by atoms with Gasteiger partial charge >= 0.3 is 0 Å². The number of furan rings is 1. The highest BCUT2D eigenvalue weighted by Gasteiger charge is 2.10. The maximum Gasteiger partial charge on any atom is 0.216 e. The predicted molar refractivity (Wildman–Crippen MR) is 104 cm³/mol. The van der Waals surface area contributed by atoms with Gasteiger partial charge in [-0.1, -0.05) is 11.6 Å². The minimum atomic E-state index is 0.461. The zero-order chi connectivity index (χ0) is 19.1. The van der Waals surface area contributed by atoms with Crippen molar-refractivity contribution in [3.63, 3.8) is 0 Å². The van der Waals surface area contributed by atoms with Gasteiger partial charge in [0, 0.05) is 19.1 Å². The van der Waals surface area contributed by atoms with Crippen LogP contribution in [0.1, 0.15) is 5.82 Å². The number of nitrogens with zero attached hydrogens (tertiary/aromatic N) is 4. The number of halogens is 1. The van der Waals surface area contributed by atoms with Crippen molar-refractivity contribution in [2.45, 2.75) is 6.54 Å². The molecule has 3 rings (SSSR count). The predicted octanol–water partition coefficient (Wildman–Crippen LogP) is 2.80. The molecule has 1 aromatic carbocycles. The van der Waals surface area contributed by atoms with Crippen LogP contribution in [-0.2, 0) is 6.54 Å². The smallest absolute Gasteiger partial charge is 0.216 e. The fraction of sp³-hybridized carbons (Fsp3) is 0.278. The molecular weight excluding hydrogens is 368 g/mol.